The summed E-state index contributed by atoms with van der Waals surface area (Å²) in [6.07, 6.45) is 2.05. The van der Waals surface area contributed by atoms with Crippen LogP contribution in [0.2, 0.25) is 0 Å². The number of hydrogen-bond donors (Lipinski definition) is 0. The highest BCUT2D eigenvalue weighted by atomic mass is 16.5. The fourth-order valence-electron chi connectivity index (χ4n) is 3.30. The first kappa shape index (κ1) is 18.2. The molecule has 1 unspecified atom stereocenters. The van der Waals surface area contributed by atoms with E-state index in [1.54, 1.807) is 0 Å². The van der Waals surface area contributed by atoms with Gasteiger partial charge in [0.05, 0.1) is 13.0 Å². The van der Waals surface area contributed by atoms with Crippen LogP contribution in [0.4, 0.5) is 0 Å². The number of aryl methyl sites for hydroxylation is 1. The smallest absolute Gasteiger partial charge is 0.226 e. The van der Waals surface area contributed by atoms with E-state index >= 15 is 0 Å². The number of carbonyl (C=O) groups is 2. The summed E-state index contributed by atoms with van der Waals surface area (Å²) in [5, 5.41) is 0. The molecule has 0 radical (unpaired) electrons. The molecule has 3 rings (SSSR count). The predicted octanol–water partition coefficient (Wildman–Crippen LogP) is 3.89. The molecule has 0 spiro atoms. The quantitative estimate of drug-likeness (QED) is 0.742. The summed E-state index contributed by atoms with van der Waals surface area (Å²) in [6, 6.07) is 17.2. The van der Waals surface area contributed by atoms with Gasteiger partial charge in [-0.15, -0.1) is 0 Å². The van der Waals surface area contributed by atoms with Gasteiger partial charge in [0, 0.05) is 24.6 Å². The standard InChI is InChI=1S/C22H25NO3/c1-17-9-11-18(12-10-17)22(25)19-6-5-14-23(16-19)21(24)13-15-26-20-7-3-2-4-8-20/h2-4,7-12,19H,5-6,13-16H2,1H3. The van der Waals surface area contributed by atoms with Crippen molar-refractivity contribution in [1.82, 2.24) is 4.90 Å². The number of piperidine rings is 1. The number of hydrogen-bond acceptors (Lipinski definition) is 3. The van der Waals surface area contributed by atoms with Gasteiger partial charge in [-0.05, 0) is 31.9 Å². The highest BCUT2D eigenvalue weighted by Crippen LogP contribution is 2.22. The maximum absolute atomic E-state index is 12.7. The Hall–Kier alpha value is -2.62. The lowest BCUT2D eigenvalue weighted by Crippen LogP contribution is -2.42. The van der Waals surface area contributed by atoms with Crippen molar-refractivity contribution >= 4 is 11.7 Å². The maximum atomic E-state index is 12.7. The Kier molecular flexibility index (Phi) is 6.05. The molecule has 1 heterocycles. The van der Waals surface area contributed by atoms with Crippen molar-refractivity contribution in [3.05, 3.63) is 65.7 Å². The largest absolute Gasteiger partial charge is 0.493 e. The minimum Gasteiger partial charge on any atom is -0.493 e. The van der Waals surface area contributed by atoms with Crippen molar-refractivity contribution in [2.75, 3.05) is 19.7 Å². The first-order chi connectivity index (χ1) is 12.6. The lowest BCUT2D eigenvalue weighted by Gasteiger charge is -2.32. The fourth-order valence-corrected chi connectivity index (χ4v) is 3.30. The number of nitrogens with zero attached hydrogens (tertiary/aromatic N) is 1. The monoisotopic (exact) mass is 351 g/mol. The molecule has 4 heteroatoms. The lowest BCUT2D eigenvalue weighted by atomic mass is 9.89. The number of rotatable bonds is 6. The van der Waals surface area contributed by atoms with Crippen LogP contribution in [0.25, 0.3) is 0 Å². The second-order valence-corrected chi connectivity index (χ2v) is 6.82. The van der Waals surface area contributed by atoms with E-state index in [2.05, 4.69) is 0 Å². The van der Waals surface area contributed by atoms with E-state index in [0.717, 1.165) is 36.3 Å². The van der Waals surface area contributed by atoms with Crippen molar-refractivity contribution in [1.29, 1.82) is 0 Å². The molecule has 1 aliphatic rings. The van der Waals surface area contributed by atoms with E-state index in [1.165, 1.54) is 0 Å². The Bertz CT molecular complexity index is 740. The minimum atomic E-state index is -0.106. The first-order valence-corrected chi connectivity index (χ1v) is 9.20. The number of para-hydroxylation sites is 1. The van der Waals surface area contributed by atoms with Crippen LogP contribution in [-0.4, -0.2) is 36.3 Å². The molecule has 4 nitrogen and oxygen atoms in total. The van der Waals surface area contributed by atoms with Gasteiger partial charge in [-0.25, -0.2) is 0 Å². The molecule has 2 aromatic carbocycles. The molecule has 0 saturated carbocycles. The number of benzene rings is 2. The summed E-state index contributed by atoms with van der Waals surface area (Å²) in [6.45, 7) is 3.60. The summed E-state index contributed by atoms with van der Waals surface area (Å²) in [5.74, 6) is 0.863. The lowest BCUT2D eigenvalue weighted by molar-refractivity contribution is -0.133. The summed E-state index contributed by atoms with van der Waals surface area (Å²) in [4.78, 5) is 27.0. The SMILES string of the molecule is Cc1ccc(C(=O)C2CCCN(C(=O)CCOc3ccccc3)C2)cc1. The van der Waals surface area contributed by atoms with Crippen molar-refractivity contribution < 1.29 is 14.3 Å². The topological polar surface area (TPSA) is 46.6 Å². The Morgan fingerprint density at radius 1 is 1.08 bits per heavy atom. The Morgan fingerprint density at radius 2 is 1.81 bits per heavy atom. The third-order valence-corrected chi connectivity index (χ3v) is 4.81. The zero-order chi connectivity index (χ0) is 18.4. The zero-order valence-electron chi connectivity index (χ0n) is 15.2. The van der Waals surface area contributed by atoms with Crippen LogP contribution >= 0.6 is 0 Å². The first-order valence-electron chi connectivity index (χ1n) is 9.20. The number of Topliss-reactive ketones (excluding diaryl/α,β-unsaturated/α-hetero) is 1. The zero-order valence-corrected chi connectivity index (χ0v) is 15.2. The average Bonchev–Trinajstić information content (AvgIpc) is 2.69. The molecule has 0 bridgehead atoms. The summed E-state index contributed by atoms with van der Waals surface area (Å²) < 4.78 is 5.61. The van der Waals surface area contributed by atoms with E-state index in [1.807, 2.05) is 66.4 Å². The van der Waals surface area contributed by atoms with Gasteiger partial charge in [-0.3, -0.25) is 9.59 Å². The molecule has 1 fully saturated rings. The van der Waals surface area contributed by atoms with Gasteiger partial charge < -0.3 is 9.64 Å². The van der Waals surface area contributed by atoms with Crippen LogP contribution in [-0.2, 0) is 4.79 Å². The molecule has 0 N–H and O–H groups in total. The van der Waals surface area contributed by atoms with Crippen LogP contribution < -0.4 is 4.74 Å². The van der Waals surface area contributed by atoms with E-state index in [4.69, 9.17) is 4.74 Å². The Balaban J connectivity index is 1.51. The summed E-state index contributed by atoms with van der Waals surface area (Å²) in [5.41, 5.74) is 1.88. The van der Waals surface area contributed by atoms with Gasteiger partial charge in [-0.2, -0.15) is 0 Å². The highest BCUT2D eigenvalue weighted by Gasteiger charge is 2.28. The molecule has 136 valence electrons. The number of likely N-dealkylation sites (tertiary alicyclic amines) is 1. The van der Waals surface area contributed by atoms with E-state index < -0.39 is 0 Å². The molecule has 2 aromatic rings. The molecule has 1 amide bonds. The molecule has 0 aromatic heterocycles. The number of carbonyl (C=O) groups excluding carboxylic acids is 2. The van der Waals surface area contributed by atoms with E-state index in [-0.39, 0.29) is 17.6 Å². The van der Waals surface area contributed by atoms with Gasteiger partial charge in [-0.1, -0.05) is 48.0 Å². The second kappa shape index (κ2) is 8.65. The van der Waals surface area contributed by atoms with Crippen LogP contribution in [0.15, 0.2) is 54.6 Å². The van der Waals surface area contributed by atoms with Crippen LogP contribution in [0.3, 0.4) is 0 Å². The third-order valence-electron chi connectivity index (χ3n) is 4.81. The summed E-state index contributed by atoms with van der Waals surface area (Å²) in [7, 11) is 0. The third kappa shape index (κ3) is 4.72. The van der Waals surface area contributed by atoms with Crippen molar-refractivity contribution in [2.45, 2.75) is 26.2 Å². The number of ether oxygens (including phenoxy) is 1. The van der Waals surface area contributed by atoms with Crippen molar-refractivity contribution in [2.24, 2.45) is 5.92 Å². The van der Waals surface area contributed by atoms with Gasteiger partial charge in [0.25, 0.3) is 0 Å². The Morgan fingerprint density at radius 3 is 2.54 bits per heavy atom. The van der Waals surface area contributed by atoms with Crippen molar-refractivity contribution in [3.63, 3.8) is 0 Å². The maximum Gasteiger partial charge on any atom is 0.226 e. The summed E-state index contributed by atoms with van der Waals surface area (Å²) >= 11 is 0. The molecule has 1 atom stereocenters. The number of amides is 1. The van der Waals surface area contributed by atoms with Crippen molar-refractivity contribution in [3.8, 4) is 5.75 Å². The van der Waals surface area contributed by atoms with Gasteiger partial charge in [0.15, 0.2) is 5.78 Å². The predicted molar refractivity (Wildman–Crippen MR) is 101 cm³/mol. The van der Waals surface area contributed by atoms with E-state index in [0.29, 0.717) is 19.6 Å². The average molecular weight is 351 g/mol. The van der Waals surface area contributed by atoms with Gasteiger partial charge in [0.2, 0.25) is 5.91 Å². The molecule has 1 aliphatic heterocycles. The van der Waals surface area contributed by atoms with Gasteiger partial charge >= 0.3 is 0 Å². The van der Waals surface area contributed by atoms with E-state index in [9.17, 15) is 9.59 Å². The highest BCUT2D eigenvalue weighted by molar-refractivity contribution is 5.98. The molecule has 1 saturated heterocycles. The molecular formula is C22H25NO3. The number of ketones is 1. The Labute approximate surface area is 154 Å². The molecule has 26 heavy (non-hydrogen) atoms. The minimum absolute atomic E-state index is 0.0577. The normalized spacial score (nSPS) is 17.0. The molecule has 0 aliphatic carbocycles. The molecular weight excluding hydrogens is 326 g/mol. The van der Waals surface area contributed by atoms with Crippen LogP contribution in [0.5, 0.6) is 5.75 Å². The van der Waals surface area contributed by atoms with Crippen LogP contribution in [0.1, 0.15) is 35.2 Å². The fraction of sp³-hybridized carbons (Fsp3) is 0.364. The van der Waals surface area contributed by atoms with Gasteiger partial charge in [0.1, 0.15) is 5.75 Å². The second-order valence-electron chi connectivity index (χ2n) is 6.82. The van der Waals surface area contributed by atoms with Crippen LogP contribution in [0, 0.1) is 12.8 Å².